The van der Waals surface area contributed by atoms with Crippen LogP contribution in [0.5, 0.6) is 0 Å². The van der Waals surface area contributed by atoms with Crippen molar-refractivity contribution in [3.05, 3.63) is 40.5 Å². The Morgan fingerprint density at radius 2 is 2.00 bits per heavy atom. The second kappa shape index (κ2) is 4.06. The summed E-state index contributed by atoms with van der Waals surface area (Å²) >= 11 is 3.38. The van der Waals surface area contributed by atoms with Crippen LogP contribution < -0.4 is 5.73 Å². The average Bonchev–Trinajstić information content (AvgIpc) is 2.72. The van der Waals surface area contributed by atoms with Crippen molar-refractivity contribution in [2.45, 2.75) is 6.92 Å². The Kier molecular flexibility index (Phi) is 2.52. The summed E-state index contributed by atoms with van der Waals surface area (Å²) in [6.45, 7) is 1.92. The molecule has 2 heterocycles. The molecule has 0 saturated carbocycles. The molecule has 18 heavy (non-hydrogen) atoms. The first-order valence-corrected chi connectivity index (χ1v) is 6.19. The molecule has 0 unspecified atom stereocenters. The third kappa shape index (κ3) is 1.74. The first kappa shape index (κ1) is 11.2. The Morgan fingerprint density at radius 3 is 2.78 bits per heavy atom. The van der Waals surface area contributed by atoms with Gasteiger partial charge in [-0.1, -0.05) is 15.9 Å². The molecule has 3 aromatic rings. The summed E-state index contributed by atoms with van der Waals surface area (Å²) in [6, 6.07) is 9.45. The highest BCUT2D eigenvalue weighted by Gasteiger charge is 2.12. The zero-order valence-corrected chi connectivity index (χ0v) is 11.2. The standard InChI is InChI=1S/C12H10BrN5/c1-7-2-5-11-15-16-12(18(11)17-7)9-4-3-8(13)6-10(9)14/h2-6H,14H2,1H3. The molecular weight excluding hydrogens is 294 g/mol. The minimum absolute atomic E-state index is 0.641. The number of halogens is 1. The van der Waals surface area contributed by atoms with Crippen LogP contribution in [0, 0.1) is 6.92 Å². The molecule has 2 N–H and O–H groups in total. The van der Waals surface area contributed by atoms with Crippen LogP contribution >= 0.6 is 15.9 Å². The van der Waals surface area contributed by atoms with Gasteiger partial charge in [-0.25, -0.2) is 0 Å². The van der Waals surface area contributed by atoms with Gasteiger partial charge in [-0.05, 0) is 37.3 Å². The summed E-state index contributed by atoms with van der Waals surface area (Å²) in [5.74, 6) is 0.652. The Hall–Kier alpha value is -1.95. The molecule has 5 nitrogen and oxygen atoms in total. The Labute approximate surface area is 112 Å². The fourth-order valence-electron chi connectivity index (χ4n) is 1.79. The summed E-state index contributed by atoms with van der Waals surface area (Å²) < 4.78 is 2.64. The van der Waals surface area contributed by atoms with Crippen molar-refractivity contribution in [1.29, 1.82) is 0 Å². The van der Waals surface area contributed by atoms with Crippen molar-refractivity contribution in [2.75, 3.05) is 5.73 Å². The van der Waals surface area contributed by atoms with Crippen molar-refractivity contribution >= 4 is 27.3 Å². The highest BCUT2D eigenvalue weighted by atomic mass is 79.9. The van der Waals surface area contributed by atoms with Crippen LogP contribution in [0.1, 0.15) is 5.69 Å². The number of rotatable bonds is 1. The number of nitrogen functional groups attached to an aromatic ring is 1. The van der Waals surface area contributed by atoms with Gasteiger partial charge in [-0.15, -0.1) is 10.2 Å². The molecule has 0 spiro atoms. The number of hydrogen-bond donors (Lipinski definition) is 1. The molecule has 0 atom stereocenters. The number of fused-ring (bicyclic) bond motifs is 1. The fourth-order valence-corrected chi connectivity index (χ4v) is 2.16. The Bertz CT molecular complexity index is 734. The van der Waals surface area contributed by atoms with E-state index in [9.17, 15) is 0 Å². The van der Waals surface area contributed by atoms with E-state index in [1.54, 1.807) is 4.52 Å². The van der Waals surface area contributed by atoms with E-state index < -0.39 is 0 Å². The van der Waals surface area contributed by atoms with Gasteiger partial charge >= 0.3 is 0 Å². The lowest BCUT2D eigenvalue weighted by atomic mass is 10.2. The van der Waals surface area contributed by atoms with Crippen LogP contribution in [0.4, 0.5) is 5.69 Å². The lowest BCUT2D eigenvalue weighted by Crippen LogP contribution is -1.99. The summed E-state index contributed by atoms with van der Waals surface area (Å²) in [4.78, 5) is 0. The second-order valence-electron chi connectivity index (χ2n) is 4.00. The summed E-state index contributed by atoms with van der Waals surface area (Å²) in [7, 11) is 0. The van der Waals surface area contributed by atoms with Gasteiger partial charge in [0.25, 0.3) is 0 Å². The maximum Gasteiger partial charge on any atom is 0.187 e. The maximum absolute atomic E-state index is 6.00. The number of nitrogens with zero attached hydrogens (tertiary/aromatic N) is 4. The third-order valence-corrected chi connectivity index (χ3v) is 3.14. The van der Waals surface area contributed by atoms with E-state index in [0.717, 1.165) is 15.7 Å². The topological polar surface area (TPSA) is 69.1 Å². The van der Waals surface area contributed by atoms with E-state index in [2.05, 4.69) is 31.2 Å². The second-order valence-corrected chi connectivity index (χ2v) is 4.92. The number of benzene rings is 1. The molecule has 6 heteroatoms. The van der Waals surface area contributed by atoms with E-state index in [0.29, 0.717) is 17.2 Å². The van der Waals surface area contributed by atoms with Gasteiger partial charge in [0.1, 0.15) is 0 Å². The molecule has 1 aromatic carbocycles. The SMILES string of the molecule is Cc1ccc2nnc(-c3ccc(Br)cc3N)n2n1. The number of hydrogen-bond acceptors (Lipinski definition) is 4. The molecule has 0 aliphatic carbocycles. The van der Waals surface area contributed by atoms with Crippen LogP contribution in [0.25, 0.3) is 17.0 Å². The van der Waals surface area contributed by atoms with Gasteiger partial charge < -0.3 is 5.73 Å². The van der Waals surface area contributed by atoms with E-state index in [1.807, 2.05) is 37.3 Å². The van der Waals surface area contributed by atoms with Crippen molar-refractivity contribution in [2.24, 2.45) is 0 Å². The number of aryl methyl sites for hydroxylation is 1. The van der Waals surface area contributed by atoms with E-state index in [-0.39, 0.29) is 0 Å². The van der Waals surface area contributed by atoms with Crippen LogP contribution in [0.2, 0.25) is 0 Å². The van der Waals surface area contributed by atoms with Gasteiger partial charge in [-0.3, -0.25) is 0 Å². The molecule has 0 fully saturated rings. The van der Waals surface area contributed by atoms with E-state index in [4.69, 9.17) is 5.73 Å². The molecule has 0 radical (unpaired) electrons. The normalized spacial score (nSPS) is 11.0. The molecule has 0 bridgehead atoms. The summed E-state index contributed by atoms with van der Waals surface area (Å²) in [6.07, 6.45) is 0. The van der Waals surface area contributed by atoms with Crippen molar-refractivity contribution in [1.82, 2.24) is 19.8 Å². The van der Waals surface area contributed by atoms with Crippen LogP contribution in [0.3, 0.4) is 0 Å². The molecule has 0 aliphatic heterocycles. The van der Waals surface area contributed by atoms with Gasteiger partial charge in [0.2, 0.25) is 0 Å². The van der Waals surface area contributed by atoms with Gasteiger partial charge in [0.05, 0.1) is 5.69 Å². The minimum atomic E-state index is 0.641. The number of anilines is 1. The summed E-state index contributed by atoms with van der Waals surface area (Å²) in [5.41, 5.74) is 9.07. The predicted molar refractivity (Wildman–Crippen MR) is 73.1 cm³/mol. The highest BCUT2D eigenvalue weighted by molar-refractivity contribution is 9.10. The molecule has 0 saturated heterocycles. The Morgan fingerprint density at radius 1 is 1.17 bits per heavy atom. The smallest absolute Gasteiger partial charge is 0.187 e. The molecule has 0 amide bonds. The monoisotopic (exact) mass is 303 g/mol. The van der Waals surface area contributed by atoms with Crippen LogP contribution in [-0.4, -0.2) is 19.8 Å². The molecular formula is C12H10BrN5. The average molecular weight is 304 g/mol. The zero-order valence-electron chi connectivity index (χ0n) is 9.63. The third-order valence-electron chi connectivity index (χ3n) is 2.65. The van der Waals surface area contributed by atoms with E-state index in [1.165, 1.54) is 0 Å². The van der Waals surface area contributed by atoms with Gasteiger partial charge in [-0.2, -0.15) is 9.61 Å². The quantitative estimate of drug-likeness (QED) is 0.701. The first-order chi connectivity index (χ1) is 8.65. The maximum atomic E-state index is 6.00. The van der Waals surface area contributed by atoms with E-state index >= 15 is 0 Å². The molecule has 90 valence electrons. The molecule has 0 aliphatic rings. The Balaban J connectivity index is 2.28. The largest absolute Gasteiger partial charge is 0.398 e. The minimum Gasteiger partial charge on any atom is -0.398 e. The molecule has 2 aromatic heterocycles. The van der Waals surface area contributed by atoms with Crippen molar-refractivity contribution < 1.29 is 0 Å². The van der Waals surface area contributed by atoms with Crippen LogP contribution in [0.15, 0.2) is 34.8 Å². The zero-order chi connectivity index (χ0) is 12.7. The van der Waals surface area contributed by atoms with Gasteiger partial charge in [0.15, 0.2) is 11.5 Å². The summed E-state index contributed by atoms with van der Waals surface area (Å²) in [5, 5.41) is 12.6. The van der Waals surface area contributed by atoms with Crippen molar-refractivity contribution in [3.63, 3.8) is 0 Å². The number of aromatic nitrogens is 4. The lowest BCUT2D eigenvalue weighted by Gasteiger charge is -2.04. The van der Waals surface area contributed by atoms with Gasteiger partial charge in [0, 0.05) is 15.7 Å². The first-order valence-electron chi connectivity index (χ1n) is 5.39. The fraction of sp³-hybridized carbons (Fsp3) is 0.0833. The highest BCUT2D eigenvalue weighted by Crippen LogP contribution is 2.27. The number of nitrogens with two attached hydrogens (primary N) is 1. The predicted octanol–water partition coefficient (Wildman–Crippen LogP) is 2.44. The van der Waals surface area contributed by atoms with Crippen LogP contribution in [-0.2, 0) is 0 Å². The van der Waals surface area contributed by atoms with Crippen molar-refractivity contribution in [3.8, 4) is 11.4 Å². The molecule has 3 rings (SSSR count). The lowest BCUT2D eigenvalue weighted by molar-refractivity contribution is 0.902.